The van der Waals surface area contributed by atoms with Gasteiger partial charge in [0, 0.05) is 5.56 Å². The molecule has 0 aliphatic carbocycles. The summed E-state index contributed by atoms with van der Waals surface area (Å²) >= 11 is 11.5. The van der Waals surface area contributed by atoms with Gasteiger partial charge >= 0.3 is 5.97 Å². The average Bonchev–Trinajstić information content (AvgIpc) is 2.21. The summed E-state index contributed by atoms with van der Waals surface area (Å²) in [6, 6.07) is 4.34. The largest absolute Gasteiger partial charge is 0.480 e. The van der Waals surface area contributed by atoms with Gasteiger partial charge in [-0.2, -0.15) is 0 Å². The fourth-order valence-corrected chi connectivity index (χ4v) is 1.34. The molecule has 0 spiro atoms. The lowest BCUT2D eigenvalue weighted by Crippen LogP contribution is -2.49. The number of carbonyl (C=O) groups is 2. The van der Waals surface area contributed by atoms with Gasteiger partial charge in [0.25, 0.3) is 5.91 Å². The Balaban J connectivity index is 2.91. The highest BCUT2D eigenvalue weighted by molar-refractivity contribution is 6.42. The third kappa shape index (κ3) is 3.35. The highest BCUT2D eigenvalue weighted by Gasteiger charge is 2.29. The van der Waals surface area contributed by atoms with Gasteiger partial charge in [-0.15, -0.1) is 0 Å². The van der Waals surface area contributed by atoms with E-state index < -0.39 is 17.4 Å². The van der Waals surface area contributed by atoms with Gasteiger partial charge < -0.3 is 10.4 Å². The van der Waals surface area contributed by atoms with E-state index >= 15 is 0 Å². The smallest absolute Gasteiger partial charge is 0.328 e. The van der Waals surface area contributed by atoms with Gasteiger partial charge in [-0.25, -0.2) is 4.79 Å². The Kier molecular flexibility index (Phi) is 4.01. The highest BCUT2D eigenvalue weighted by Crippen LogP contribution is 2.22. The Morgan fingerprint density at radius 1 is 1.24 bits per heavy atom. The Morgan fingerprint density at radius 3 is 2.29 bits per heavy atom. The van der Waals surface area contributed by atoms with Crippen LogP contribution in [0.1, 0.15) is 24.2 Å². The van der Waals surface area contributed by atoms with E-state index in [9.17, 15) is 9.59 Å². The molecule has 0 aromatic heterocycles. The van der Waals surface area contributed by atoms with Crippen LogP contribution in [-0.2, 0) is 4.79 Å². The number of rotatable bonds is 3. The van der Waals surface area contributed by atoms with Crippen LogP contribution >= 0.6 is 23.2 Å². The van der Waals surface area contributed by atoms with Crippen LogP contribution in [0.25, 0.3) is 0 Å². The molecule has 0 saturated carbocycles. The van der Waals surface area contributed by atoms with Crippen LogP contribution in [0.15, 0.2) is 18.2 Å². The second-order valence-corrected chi connectivity index (χ2v) is 4.83. The van der Waals surface area contributed by atoms with E-state index in [0.717, 1.165) is 0 Å². The van der Waals surface area contributed by atoms with Crippen LogP contribution in [0.3, 0.4) is 0 Å². The van der Waals surface area contributed by atoms with Gasteiger partial charge in [0.05, 0.1) is 10.0 Å². The minimum absolute atomic E-state index is 0.243. The number of carbonyl (C=O) groups excluding carboxylic acids is 1. The molecule has 1 rings (SSSR count). The predicted octanol–water partition coefficient (Wildman–Crippen LogP) is 2.59. The number of carboxylic acids is 1. The Bertz CT molecular complexity index is 472. The van der Waals surface area contributed by atoms with E-state index in [4.69, 9.17) is 28.3 Å². The van der Waals surface area contributed by atoms with Gasteiger partial charge in [-0.3, -0.25) is 4.79 Å². The van der Waals surface area contributed by atoms with Gasteiger partial charge in [0.2, 0.25) is 0 Å². The predicted molar refractivity (Wildman–Crippen MR) is 65.6 cm³/mol. The number of aliphatic carboxylic acids is 1. The molecule has 0 aliphatic rings. The molecule has 0 saturated heterocycles. The molecular weight excluding hydrogens is 265 g/mol. The van der Waals surface area contributed by atoms with Crippen molar-refractivity contribution in [3.05, 3.63) is 33.8 Å². The fraction of sp³-hybridized carbons (Fsp3) is 0.273. The topological polar surface area (TPSA) is 66.4 Å². The molecule has 2 N–H and O–H groups in total. The summed E-state index contributed by atoms with van der Waals surface area (Å²) in [4.78, 5) is 22.6. The van der Waals surface area contributed by atoms with Crippen LogP contribution in [0.2, 0.25) is 10.0 Å². The summed E-state index contributed by atoms with van der Waals surface area (Å²) in [6.07, 6.45) is 0. The number of halogens is 2. The minimum atomic E-state index is -1.34. The fourth-order valence-electron chi connectivity index (χ4n) is 1.05. The van der Waals surface area contributed by atoms with Crippen molar-refractivity contribution in [2.75, 3.05) is 0 Å². The van der Waals surface area contributed by atoms with E-state index in [1.165, 1.54) is 32.0 Å². The maximum atomic E-state index is 11.8. The van der Waals surface area contributed by atoms with Crippen molar-refractivity contribution in [2.45, 2.75) is 19.4 Å². The van der Waals surface area contributed by atoms with E-state index in [1.807, 2.05) is 0 Å². The maximum Gasteiger partial charge on any atom is 0.328 e. The zero-order valence-electron chi connectivity index (χ0n) is 9.25. The molecule has 0 fully saturated rings. The molecule has 1 aromatic carbocycles. The number of benzene rings is 1. The number of carboxylic acid groups (broad SMARTS) is 1. The first-order valence-electron chi connectivity index (χ1n) is 4.75. The Hall–Kier alpha value is -1.26. The first kappa shape index (κ1) is 13.8. The second kappa shape index (κ2) is 4.94. The molecule has 0 unspecified atom stereocenters. The van der Waals surface area contributed by atoms with E-state index in [0.29, 0.717) is 5.02 Å². The van der Waals surface area contributed by atoms with Gasteiger partial charge in [-0.05, 0) is 32.0 Å². The van der Waals surface area contributed by atoms with Gasteiger partial charge in [0.1, 0.15) is 5.54 Å². The molecule has 0 aliphatic heterocycles. The number of hydrogen-bond donors (Lipinski definition) is 2. The second-order valence-electron chi connectivity index (χ2n) is 4.01. The third-order valence-electron chi connectivity index (χ3n) is 2.14. The van der Waals surface area contributed by atoms with Crippen molar-refractivity contribution in [3.63, 3.8) is 0 Å². The Morgan fingerprint density at radius 2 is 1.82 bits per heavy atom. The number of amides is 1. The van der Waals surface area contributed by atoms with Crippen molar-refractivity contribution in [2.24, 2.45) is 0 Å². The minimum Gasteiger partial charge on any atom is -0.480 e. The standard InChI is InChI=1S/C11H11Cl2NO3/c1-11(2,10(16)17)14-9(15)6-3-4-7(12)8(13)5-6/h3-5H,1-2H3,(H,14,15)(H,16,17). The van der Waals surface area contributed by atoms with Crippen LogP contribution in [0.5, 0.6) is 0 Å². The first-order chi connectivity index (χ1) is 7.74. The van der Waals surface area contributed by atoms with E-state index in [-0.39, 0.29) is 10.6 Å². The quantitative estimate of drug-likeness (QED) is 0.891. The van der Waals surface area contributed by atoms with Crippen molar-refractivity contribution in [1.29, 1.82) is 0 Å². The molecule has 4 nitrogen and oxygen atoms in total. The van der Waals surface area contributed by atoms with Crippen molar-refractivity contribution >= 4 is 35.1 Å². The molecule has 6 heteroatoms. The Labute approximate surface area is 109 Å². The maximum absolute atomic E-state index is 11.8. The monoisotopic (exact) mass is 275 g/mol. The SMILES string of the molecule is CC(C)(NC(=O)c1ccc(Cl)c(Cl)c1)C(=O)O. The van der Waals surface area contributed by atoms with Gasteiger partial charge in [0.15, 0.2) is 0 Å². The summed E-state index contributed by atoms with van der Waals surface area (Å²) in [5.74, 6) is -1.64. The van der Waals surface area contributed by atoms with E-state index in [2.05, 4.69) is 5.32 Å². The molecule has 92 valence electrons. The zero-order chi connectivity index (χ0) is 13.2. The lowest BCUT2D eigenvalue weighted by molar-refractivity contribution is -0.143. The van der Waals surface area contributed by atoms with Crippen LogP contribution in [-0.4, -0.2) is 22.5 Å². The molecule has 0 radical (unpaired) electrons. The van der Waals surface area contributed by atoms with Crippen LogP contribution in [0.4, 0.5) is 0 Å². The number of nitrogens with one attached hydrogen (secondary N) is 1. The molecule has 0 bridgehead atoms. The molecule has 1 amide bonds. The van der Waals surface area contributed by atoms with Crippen LogP contribution in [0, 0.1) is 0 Å². The zero-order valence-corrected chi connectivity index (χ0v) is 10.8. The normalized spacial score (nSPS) is 11.1. The lowest BCUT2D eigenvalue weighted by atomic mass is 10.1. The molecule has 0 heterocycles. The van der Waals surface area contributed by atoms with Crippen molar-refractivity contribution < 1.29 is 14.7 Å². The number of hydrogen-bond acceptors (Lipinski definition) is 2. The molecule has 17 heavy (non-hydrogen) atoms. The summed E-state index contributed by atoms with van der Waals surface area (Å²) in [5, 5.41) is 11.8. The lowest BCUT2D eigenvalue weighted by Gasteiger charge is -2.21. The van der Waals surface area contributed by atoms with E-state index in [1.54, 1.807) is 0 Å². The molecular formula is C11H11Cl2NO3. The third-order valence-corrected chi connectivity index (χ3v) is 2.88. The summed E-state index contributed by atoms with van der Waals surface area (Å²) in [5.41, 5.74) is -1.09. The summed E-state index contributed by atoms with van der Waals surface area (Å²) in [6.45, 7) is 2.79. The average molecular weight is 276 g/mol. The van der Waals surface area contributed by atoms with Crippen molar-refractivity contribution in [1.82, 2.24) is 5.32 Å². The molecule has 1 aromatic rings. The first-order valence-corrected chi connectivity index (χ1v) is 5.50. The van der Waals surface area contributed by atoms with Crippen LogP contribution < -0.4 is 5.32 Å². The highest BCUT2D eigenvalue weighted by atomic mass is 35.5. The summed E-state index contributed by atoms with van der Waals surface area (Å²) < 4.78 is 0. The van der Waals surface area contributed by atoms with Gasteiger partial charge in [-0.1, -0.05) is 23.2 Å². The summed E-state index contributed by atoms with van der Waals surface area (Å²) in [7, 11) is 0. The van der Waals surface area contributed by atoms with Crippen molar-refractivity contribution in [3.8, 4) is 0 Å². The molecule has 0 atom stereocenters.